The van der Waals surface area contributed by atoms with Gasteiger partial charge in [0.25, 0.3) is 5.91 Å². The molecule has 0 radical (unpaired) electrons. The highest BCUT2D eigenvalue weighted by Crippen LogP contribution is 2.24. The fraction of sp³-hybridized carbons (Fsp3) is 0.182. The molecule has 6 nitrogen and oxygen atoms in total. The topological polar surface area (TPSA) is 77.8 Å². The van der Waals surface area contributed by atoms with Crippen molar-refractivity contribution in [2.75, 3.05) is 5.32 Å². The van der Waals surface area contributed by atoms with E-state index >= 15 is 0 Å². The lowest BCUT2D eigenvalue weighted by molar-refractivity contribution is 0.0378. The fourth-order valence-corrected chi connectivity index (χ4v) is 2.64. The number of carbonyl (C=O) groups excluding carboxylic acids is 2. The van der Waals surface area contributed by atoms with Gasteiger partial charge in [-0.1, -0.05) is 23.7 Å². The normalized spacial score (nSPS) is 10.6. The molecule has 1 aromatic heterocycles. The van der Waals surface area contributed by atoms with E-state index in [1.54, 1.807) is 62.4 Å². The molecule has 0 fully saturated rings. The summed E-state index contributed by atoms with van der Waals surface area (Å²) in [6.07, 6.45) is -0.197. The second-order valence-corrected chi connectivity index (χ2v) is 6.88. The monoisotopic (exact) mass is 413 g/mol. The first-order valence-corrected chi connectivity index (χ1v) is 9.38. The summed E-state index contributed by atoms with van der Waals surface area (Å²) >= 11 is 6.04. The molecule has 150 valence electrons. The van der Waals surface area contributed by atoms with Crippen molar-refractivity contribution >= 4 is 29.2 Å². The summed E-state index contributed by atoms with van der Waals surface area (Å²) in [6, 6.07) is 16.8. The Morgan fingerprint density at radius 2 is 1.76 bits per heavy atom. The Kier molecular flexibility index (Phi) is 6.57. The van der Waals surface area contributed by atoms with Crippen molar-refractivity contribution in [3.8, 4) is 5.75 Å². The molecule has 0 aliphatic carbocycles. The largest absolute Gasteiger partial charge is 0.484 e. The molecule has 0 bridgehead atoms. The van der Waals surface area contributed by atoms with Gasteiger partial charge in [-0.05, 0) is 62.4 Å². The summed E-state index contributed by atoms with van der Waals surface area (Å²) in [6.45, 7) is 3.71. The Balaban J connectivity index is 1.57. The molecule has 0 atom stereocenters. The molecule has 7 heteroatoms. The molecule has 0 saturated heterocycles. The van der Waals surface area contributed by atoms with Gasteiger partial charge in [0.2, 0.25) is 0 Å². The van der Waals surface area contributed by atoms with Crippen LogP contribution in [0.15, 0.2) is 65.1 Å². The number of hydrogen-bond acceptors (Lipinski definition) is 5. The zero-order chi connectivity index (χ0) is 20.8. The summed E-state index contributed by atoms with van der Waals surface area (Å²) in [5.74, 6) is 0.346. The van der Waals surface area contributed by atoms with Crippen LogP contribution in [0.4, 0.5) is 5.69 Å². The number of amides is 1. The second-order valence-electron chi connectivity index (χ2n) is 6.47. The first-order valence-electron chi connectivity index (χ1n) is 9.01. The van der Waals surface area contributed by atoms with Gasteiger partial charge < -0.3 is 19.2 Å². The minimum absolute atomic E-state index is 0.143. The molecule has 0 spiro atoms. The minimum Gasteiger partial charge on any atom is -0.484 e. The smallest absolute Gasteiger partial charge is 0.338 e. The van der Waals surface area contributed by atoms with Crippen molar-refractivity contribution in [3.05, 3.63) is 82.8 Å². The molecule has 1 amide bonds. The third-order valence-electron chi connectivity index (χ3n) is 3.81. The number of nitrogens with one attached hydrogen (secondary N) is 1. The minimum atomic E-state index is -0.411. The van der Waals surface area contributed by atoms with Gasteiger partial charge in [-0.3, -0.25) is 4.79 Å². The van der Waals surface area contributed by atoms with Crippen LogP contribution < -0.4 is 10.1 Å². The molecule has 0 unspecified atom stereocenters. The molecule has 0 saturated carbocycles. The Bertz CT molecular complexity index is 994. The number of hydrogen-bond donors (Lipinski definition) is 1. The fourth-order valence-electron chi connectivity index (χ4n) is 2.45. The SMILES string of the molecule is CC(C)OC(=O)c1ccc(NC(=O)c2ccc(COc3ccccc3Cl)o2)cc1. The van der Waals surface area contributed by atoms with Gasteiger partial charge in [-0.25, -0.2) is 4.79 Å². The molecule has 3 aromatic rings. The number of benzene rings is 2. The molecule has 3 rings (SSSR count). The van der Waals surface area contributed by atoms with Crippen molar-refractivity contribution in [1.82, 2.24) is 0 Å². The van der Waals surface area contributed by atoms with Gasteiger partial charge in [-0.2, -0.15) is 0 Å². The van der Waals surface area contributed by atoms with Gasteiger partial charge >= 0.3 is 5.97 Å². The summed E-state index contributed by atoms with van der Waals surface area (Å²) in [5.41, 5.74) is 0.940. The van der Waals surface area contributed by atoms with Gasteiger partial charge in [0.05, 0.1) is 16.7 Å². The van der Waals surface area contributed by atoms with E-state index in [1.165, 1.54) is 0 Å². The van der Waals surface area contributed by atoms with Crippen LogP contribution in [0.1, 0.15) is 40.5 Å². The number of carbonyl (C=O) groups is 2. The Morgan fingerprint density at radius 3 is 2.45 bits per heavy atom. The van der Waals surface area contributed by atoms with Crippen LogP contribution >= 0.6 is 11.6 Å². The highest BCUT2D eigenvalue weighted by molar-refractivity contribution is 6.32. The Hall–Kier alpha value is -3.25. The molecular weight excluding hydrogens is 394 g/mol. The van der Waals surface area contributed by atoms with Crippen LogP contribution in [-0.2, 0) is 11.3 Å². The van der Waals surface area contributed by atoms with Crippen molar-refractivity contribution in [3.63, 3.8) is 0 Å². The number of esters is 1. The van der Waals surface area contributed by atoms with E-state index in [4.69, 9.17) is 25.5 Å². The summed E-state index contributed by atoms with van der Waals surface area (Å²) in [5, 5.41) is 3.21. The Labute approximate surface area is 173 Å². The number of para-hydroxylation sites is 1. The molecule has 1 heterocycles. The quantitative estimate of drug-likeness (QED) is 0.529. The van der Waals surface area contributed by atoms with E-state index in [0.29, 0.717) is 27.8 Å². The third kappa shape index (κ3) is 5.62. The Morgan fingerprint density at radius 1 is 1.03 bits per heavy atom. The van der Waals surface area contributed by atoms with Gasteiger partial charge in [0.1, 0.15) is 18.1 Å². The summed E-state index contributed by atoms with van der Waals surface area (Å²) in [7, 11) is 0. The highest BCUT2D eigenvalue weighted by Gasteiger charge is 2.14. The van der Waals surface area contributed by atoms with E-state index in [0.717, 1.165) is 0 Å². The maximum Gasteiger partial charge on any atom is 0.338 e. The number of ether oxygens (including phenoxy) is 2. The average Bonchev–Trinajstić information content (AvgIpc) is 3.16. The maximum atomic E-state index is 12.4. The molecule has 2 aromatic carbocycles. The lowest BCUT2D eigenvalue weighted by Crippen LogP contribution is -2.13. The van der Waals surface area contributed by atoms with E-state index < -0.39 is 11.9 Å². The first kappa shape index (κ1) is 20.5. The molecule has 0 aliphatic rings. The van der Waals surface area contributed by atoms with E-state index in [9.17, 15) is 9.59 Å². The van der Waals surface area contributed by atoms with Crippen LogP contribution in [0.25, 0.3) is 0 Å². The van der Waals surface area contributed by atoms with E-state index in [1.807, 2.05) is 12.1 Å². The lowest BCUT2D eigenvalue weighted by atomic mass is 10.2. The summed E-state index contributed by atoms with van der Waals surface area (Å²) < 4.78 is 16.3. The predicted molar refractivity (Wildman–Crippen MR) is 109 cm³/mol. The van der Waals surface area contributed by atoms with E-state index in [-0.39, 0.29) is 18.5 Å². The summed E-state index contributed by atoms with van der Waals surface area (Å²) in [4.78, 5) is 24.2. The molecule has 29 heavy (non-hydrogen) atoms. The predicted octanol–water partition coefficient (Wildman–Crippen LogP) is 5.33. The first-order chi connectivity index (χ1) is 13.9. The molecular formula is C22H20ClNO5. The standard InChI is InChI=1S/C22H20ClNO5/c1-14(2)28-22(26)15-7-9-16(10-8-15)24-21(25)20-12-11-17(29-20)13-27-19-6-4-3-5-18(19)23/h3-12,14H,13H2,1-2H3,(H,24,25). The number of anilines is 1. The van der Waals surface area contributed by atoms with Gasteiger partial charge in [-0.15, -0.1) is 0 Å². The zero-order valence-corrected chi connectivity index (χ0v) is 16.7. The second kappa shape index (κ2) is 9.30. The zero-order valence-electron chi connectivity index (χ0n) is 16.0. The number of halogens is 1. The lowest BCUT2D eigenvalue weighted by Gasteiger charge is -2.08. The average molecular weight is 414 g/mol. The van der Waals surface area contributed by atoms with Crippen LogP contribution in [0.5, 0.6) is 5.75 Å². The van der Waals surface area contributed by atoms with Crippen LogP contribution in [0.3, 0.4) is 0 Å². The van der Waals surface area contributed by atoms with Crippen LogP contribution in [0.2, 0.25) is 5.02 Å². The number of rotatable bonds is 7. The van der Waals surface area contributed by atoms with Crippen LogP contribution in [0, 0.1) is 0 Å². The van der Waals surface area contributed by atoms with Gasteiger partial charge in [0.15, 0.2) is 5.76 Å². The third-order valence-corrected chi connectivity index (χ3v) is 4.13. The van der Waals surface area contributed by atoms with Crippen molar-refractivity contribution in [2.24, 2.45) is 0 Å². The maximum absolute atomic E-state index is 12.4. The molecule has 0 aliphatic heterocycles. The van der Waals surface area contributed by atoms with Crippen LogP contribution in [-0.4, -0.2) is 18.0 Å². The van der Waals surface area contributed by atoms with Crippen molar-refractivity contribution < 1.29 is 23.5 Å². The number of furan rings is 1. The van der Waals surface area contributed by atoms with Gasteiger partial charge in [0, 0.05) is 5.69 Å². The molecule has 1 N–H and O–H groups in total. The van der Waals surface area contributed by atoms with Crippen molar-refractivity contribution in [1.29, 1.82) is 0 Å². The van der Waals surface area contributed by atoms with Crippen molar-refractivity contribution in [2.45, 2.75) is 26.6 Å². The van der Waals surface area contributed by atoms with E-state index in [2.05, 4.69) is 5.32 Å². The highest BCUT2D eigenvalue weighted by atomic mass is 35.5.